The molecule has 1 amide bonds. The molecule has 0 bridgehead atoms. The number of fused-ring (bicyclic) bond motifs is 1. The predicted octanol–water partition coefficient (Wildman–Crippen LogP) is 3.29. The van der Waals surface area contributed by atoms with E-state index >= 15 is 0 Å². The van der Waals surface area contributed by atoms with Crippen LogP contribution in [0.25, 0.3) is 11.0 Å². The van der Waals surface area contributed by atoms with Crippen molar-refractivity contribution < 1.29 is 23.8 Å². The van der Waals surface area contributed by atoms with Crippen LogP contribution in [0, 0.1) is 11.8 Å². The van der Waals surface area contributed by atoms with Crippen molar-refractivity contribution in [2.24, 2.45) is 11.8 Å². The van der Waals surface area contributed by atoms with Crippen LogP contribution in [-0.2, 0) is 9.59 Å². The Morgan fingerprint density at radius 1 is 1.28 bits per heavy atom. The smallest absolute Gasteiger partial charge is 0.307 e. The first kappa shape index (κ1) is 17.1. The summed E-state index contributed by atoms with van der Waals surface area (Å²) in [7, 11) is 1.57. The average Bonchev–Trinajstić information content (AvgIpc) is 3.06. The highest BCUT2D eigenvalue weighted by Crippen LogP contribution is 2.32. The van der Waals surface area contributed by atoms with Gasteiger partial charge in [0.1, 0.15) is 5.76 Å². The van der Waals surface area contributed by atoms with Gasteiger partial charge in [0.25, 0.3) is 0 Å². The zero-order chi connectivity index (χ0) is 18.0. The molecule has 3 atom stereocenters. The van der Waals surface area contributed by atoms with Crippen LogP contribution in [0.3, 0.4) is 0 Å². The van der Waals surface area contributed by atoms with Crippen LogP contribution < -0.4 is 10.1 Å². The first-order valence-electron chi connectivity index (χ1n) is 8.26. The molecule has 0 radical (unpaired) electrons. The van der Waals surface area contributed by atoms with Gasteiger partial charge in [-0.1, -0.05) is 24.3 Å². The summed E-state index contributed by atoms with van der Waals surface area (Å²) in [6.45, 7) is 1.82. The minimum absolute atomic E-state index is 0.267. The SMILES string of the molecule is COc1cccc2cc([C@H](C)NC(=O)[C@@H]3CC=CC[C@H]3C(=O)O)oc12. The molecule has 0 spiro atoms. The Balaban J connectivity index is 1.77. The molecule has 132 valence electrons. The molecule has 0 unspecified atom stereocenters. The number of furan rings is 1. The fourth-order valence-corrected chi connectivity index (χ4v) is 3.20. The van der Waals surface area contributed by atoms with Crippen molar-refractivity contribution in [3.63, 3.8) is 0 Å². The molecule has 1 aliphatic rings. The standard InChI is InChI=1S/C19H21NO5/c1-11(16-10-12-6-5-9-15(24-2)17(12)25-16)20-18(21)13-7-3-4-8-14(13)19(22)23/h3-6,9-11,13-14H,7-8H2,1-2H3,(H,20,21)(H,22,23)/t11-,13+,14+/m0/s1. The normalized spacial score (nSPS) is 21.0. The largest absolute Gasteiger partial charge is 0.493 e. The first-order chi connectivity index (χ1) is 12.0. The quantitative estimate of drug-likeness (QED) is 0.813. The highest BCUT2D eigenvalue weighted by molar-refractivity contribution is 5.86. The van der Waals surface area contributed by atoms with Gasteiger partial charge in [-0.05, 0) is 31.9 Å². The first-order valence-corrected chi connectivity index (χ1v) is 8.26. The summed E-state index contributed by atoms with van der Waals surface area (Å²) in [6.07, 6.45) is 4.49. The highest BCUT2D eigenvalue weighted by atomic mass is 16.5. The fourth-order valence-electron chi connectivity index (χ4n) is 3.20. The number of aliphatic carboxylic acids is 1. The molecule has 1 heterocycles. The van der Waals surface area contributed by atoms with E-state index in [2.05, 4.69) is 5.32 Å². The molecular weight excluding hydrogens is 322 g/mol. The molecule has 25 heavy (non-hydrogen) atoms. The van der Waals surface area contributed by atoms with Gasteiger partial charge in [0.05, 0.1) is 25.0 Å². The summed E-state index contributed by atoms with van der Waals surface area (Å²) in [6, 6.07) is 7.08. The van der Waals surface area contributed by atoms with Gasteiger partial charge < -0.3 is 19.6 Å². The number of rotatable bonds is 5. The molecule has 1 aromatic carbocycles. The van der Waals surface area contributed by atoms with Crippen LogP contribution in [0.15, 0.2) is 40.8 Å². The second kappa shape index (κ2) is 7.01. The minimum atomic E-state index is -0.939. The number of hydrogen-bond donors (Lipinski definition) is 2. The summed E-state index contributed by atoms with van der Waals surface area (Å²) < 4.78 is 11.1. The maximum Gasteiger partial charge on any atom is 0.307 e. The third kappa shape index (κ3) is 3.38. The lowest BCUT2D eigenvalue weighted by Gasteiger charge is -2.25. The molecule has 2 aromatic rings. The number of para-hydroxylation sites is 1. The lowest BCUT2D eigenvalue weighted by atomic mass is 9.82. The zero-order valence-electron chi connectivity index (χ0n) is 14.2. The lowest BCUT2D eigenvalue weighted by Crippen LogP contribution is -2.39. The van der Waals surface area contributed by atoms with E-state index in [0.29, 0.717) is 29.9 Å². The van der Waals surface area contributed by atoms with E-state index in [1.54, 1.807) is 7.11 Å². The van der Waals surface area contributed by atoms with Gasteiger partial charge in [-0.2, -0.15) is 0 Å². The lowest BCUT2D eigenvalue weighted by molar-refractivity contribution is -0.147. The van der Waals surface area contributed by atoms with Gasteiger partial charge in [0.15, 0.2) is 11.3 Å². The highest BCUT2D eigenvalue weighted by Gasteiger charge is 2.34. The number of hydrogen-bond acceptors (Lipinski definition) is 4. The number of methoxy groups -OCH3 is 1. The van der Waals surface area contributed by atoms with Crippen LogP contribution in [0.5, 0.6) is 5.75 Å². The molecule has 0 fully saturated rings. The predicted molar refractivity (Wildman–Crippen MR) is 92.3 cm³/mol. The molecule has 1 aromatic heterocycles. The number of benzene rings is 1. The Labute approximate surface area is 145 Å². The van der Waals surface area contributed by atoms with E-state index in [1.165, 1.54) is 0 Å². The van der Waals surface area contributed by atoms with E-state index in [-0.39, 0.29) is 11.9 Å². The van der Waals surface area contributed by atoms with Crippen molar-refractivity contribution in [2.75, 3.05) is 7.11 Å². The summed E-state index contributed by atoms with van der Waals surface area (Å²) in [5.41, 5.74) is 0.630. The third-order valence-corrected chi connectivity index (χ3v) is 4.62. The van der Waals surface area contributed by atoms with Crippen LogP contribution >= 0.6 is 0 Å². The van der Waals surface area contributed by atoms with Crippen LogP contribution in [-0.4, -0.2) is 24.1 Å². The average molecular weight is 343 g/mol. The maximum atomic E-state index is 12.6. The molecule has 0 aliphatic heterocycles. The van der Waals surface area contributed by atoms with Gasteiger partial charge in [0.2, 0.25) is 5.91 Å². The van der Waals surface area contributed by atoms with Crippen LogP contribution in [0.4, 0.5) is 0 Å². The molecule has 3 rings (SSSR count). The van der Waals surface area contributed by atoms with Gasteiger partial charge >= 0.3 is 5.97 Å². The van der Waals surface area contributed by atoms with Crippen molar-refractivity contribution in [3.05, 3.63) is 42.2 Å². The summed E-state index contributed by atoms with van der Waals surface area (Å²) in [5.74, 6) is -1.23. The molecule has 0 saturated heterocycles. The van der Waals surface area contributed by atoms with Crippen molar-refractivity contribution in [1.82, 2.24) is 5.32 Å². The number of carboxylic acids is 1. The third-order valence-electron chi connectivity index (χ3n) is 4.62. The Kier molecular flexibility index (Phi) is 4.79. The van der Waals surface area contributed by atoms with E-state index in [1.807, 2.05) is 43.3 Å². The number of carbonyl (C=O) groups is 2. The topological polar surface area (TPSA) is 88.8 Å². The fraction of sp³-hybridized carbons (Fsp3) is 0.368. The number of ether oxygens (including phenoxy) is 1. The van der Waals surface area contributed by atoms with E-state index in [0.717, 1.165) is 5.39 Å². The van der Waals surface area contributed by atoms with Crippen LogP contribution in [0.2, 0.25) is 0 Å². The van der Waals surface area contributed by atoms with Crippen molar-refractivity contribution >= 4 is 22.8 Å². The molecule has 6 heteroatoms. The monoisotopic (exact) mass is 343 g/mol. The van der Waals surface area contributed by atoms with Crippen molar-refractivity contribution in [2.45, 2.75) is 25.8 Å². The van der Waals surface area contributed by atoms with Crippen molar-refractivity contribution in [3.8, 4) is 5.75 Å². The summed E-state index contributed by atoms with van der Waals surface area (Å²) >= 11 is 0. The number of nitrogens with one attached hydrogen (secondary N) is 1. The Bertz CT molecular complexity index is 822. The van der Waals surface area contributed by atoms with E-state index in [4.69, 9.17) is 9.15 Å². The van der Waals surface area contributed by atoms with Gasteiger partial charge in [0, 0.05) is 5.39 Å². The molecule has 2 N–H and O–H groups in total. The second-order valence-electron chi connectivity index (χ2n) is 6.25. The Hall–Kier alpha value is -2.76. The summed E-state index contributed by atoms with van der Waals surface area (Å²) in [5, 5.41) is 13.1. The van der Waals surface area contributed by atoms with Gasteiger partial charge in [-0.15, -0.1) is 0 Å². The minimum Gasteiger partial charge on any atom is -0.493 e. The molecule has 6 nitrogen and oxygen atoms in total. The van der Waals surface area contributed by atoms with Gasteiger partial charge in [-0.25, -0.2) is 0 Å². The number of allylic oxidation sites excluding steroid dienone is 2. The molecule has 0 saturated carbocycles. The van der Waals surface area contributed by atoms with E-state index in [9.17, 15) is 14.7 Å². The number of carbonyl (C=O) groups excluding carboxylic acids is 1. The van der Waals surface area contributed by atoms with Crippen LogP contribution in [0.1, 0.15) is 31.6 Å². The molecule has 1 aliphatic carbocycles. The Morgan fingerprint density at radius 3 is 2.68 bits per heavy atom. The van der Waals surface area contributed by atoms with E-state index < -0.39 is 17.8 Å². The zero-order valence-corrected chi connectivity index (χ0v) is 14.2. The van der Waals surface area contributed by atoms with Gasteiger partial charge in [-0.3, -0.25) is 9.59 Å². The summed E-state index contributed by atoms with van der Waals surface area (Å²) in [4.78, 5) is 23.9. The maximum absolute atomic E-state index is 12.6. The Morgan fingerprint density at radius 2 is 2.00 bits per heavy atom. The second-order valence-corrected chi connectivity index (χ2v) is 6.25. The van der Waals surface area contributed by atoms with Crippen molar-refractivity contribution in [1.29, 1.82) is 0 Å². The number of carboxylic acid groups (broad SMARTS) is 1. The molecular formula is C19H21NO5. The number of amides is 1.